The molecule has 0 spiro atoms. The second kappa shape index (κ2) is 9.07. The minimum atomic E-state index is -1.43. The summed E-state index contributed by atoms with van der Waals surface area (Å²) in [6.45, 7) is -0.478. The predicted molar refractivity (Wildman–Crippen MR) is 112 cm³/mol. The van der Waals surface area contributed by atoms with Crippen molar-refractivity contribution in [3.05, 3.63) is 69.0 Å². The fraction of sp³-hybridized carbons (Fsp3) is 0.333. The van der Waals surface area contributed by atoms with E-state index in [1.165, 1.54) is 0 Å². The quantitative estimate of drug-likeness (QED) is 0.471. The van der Waals surface area contributed by atoms with Crippen LogP contribution in [-0.4, -0.2) is 61.6 Å². The van der Waals surface area contributed by atoms with Crippen LogP contribution in [0.25, 0.3) is 11.3 Å². The Kier molecular flexibility index (Phi) is 6.45. The molecule has 0 amide bonds. The molecule has 0 bridgehead atoms. The van der Waals surface area contributed by atoms with Gasteiger partial charge in [-0.25, -0.2) is 0 Å². The zero-order valence-corrected chi connectivity index (χ0v) is 17.4. The topological polar surface area (TPSA) is 116 Å². The fourth-order valence-corrected chi connectivity index (χ4v) is 4.33. The van der Waals surface area contributed by atoms with Crippen LogP contribution in [0.5, 0.6) is 0 Å². The highest BCUT2D eigenvalue weighted by atomic mass is 35.5. The van der Waals surface area contributed by atoms with E-state index in [1.807, 2.05) is 29.0 Å². The molecule has 30 heavy (non-hydrogen) atoms. The molecule has 1 saturated heterocycles. The average Bonchev–Trinajstić information content (AvgIpc) is 3.30. The molecule has 0 aliphatic carbocycles. The number of halogens is 1. The Bertz CT molecular complexity index is 984. The van der Waals surface area contributed by atoms with Crippen LogP contribution in [0.3, 0.4) is 0 Å². The lowest BCUT2D eigenvalue weighted by molar-refractivity contribution is -0.231. The van der Waals surface area contributed by atoms with Crippen LogP contribution in [0, 0.1) is 0 Å². The first-order valence-electron chi connectivity index (χ1n) is 9.42. The van der Waals surface area contributed by atoms with Gasteiger partial charge in [-0.3, -0.25) is 0 Å². The van der Waals surface area contributed by atoms with Crippen molar-refractivity contribution in [2.75, 3.05) is 6.61 Å². The summed E-state index contributed by atoms with van der Waals surface area (Å²) in [7, 11) is 0. The van der Waals surface area contributed by atoms with Crippen LogP contribution in [-0.2, 0) is 11.2 Å². The number of benzene rings is 1. The van der Waals surface area contributed by atoms with Crippen LogP contribution in [0.15, 0.2) is 47.2 Å². The molecule has 158 valence electrons. The highest BCUT2D eigenvalue weighted by Gasteiger charge is 2.44. The third-order valence-electron chi connectivity index (χ3n) is 5.20. The van der Waals surface area contributed by atoms with Crippen molar-refractivity contribution in [3.8, 4) is 11.3 Å². The second-order valence-electron chi connectivity index (χ2n) is 7.20. The van der Waals surface area contributed by atoms with Crippen molar-refractivity contribution in [2.24, 2.45) is 0 Å². The van der Waals surface area contributed by atoms with Crippen molar-refractivity contribution in [3.63, 3.8) is 0 Å². The maximum atomic E-state index is 10.4. The minimum Gasteiger partial charge on any atom is -0.394 e. The van der Waals surface area contributed by atoms with E-state index in [0.29, 0.717) is 17.0 Å². The van der Waals surface area contributed by atoms with E-state index >= 15 is 0 Å². The molecule has 1 aliphatic heterocycles. The summed E-state index contributed by atoms with van der Waals surface area (Å²) in [6.07, 6.45) is -5.64. The van der Waals surface area contributed by atoms with Gasteiger partial charge in [-0.05, 0) is 40.8 Å². The number of thiophene rings is 1. The summed E-state index contributed by atoms with van der Waals surface area (Å²) in [5, 5.41) is 52.9. The SMILES string of the molecule is OC[C@H]1O[C@@H](c2ccc(Cl)c(Cc3ccc(-c4ccsc4)nn3)c2)[C@H](O)[C@@H](O)[C@@H]1O. The summed E-state index contributed by atoms with van der Waals surface area (Å²) >= 11 is 7.96. The van der Waals surface area contributed by atoms with E-state index in [-0.39, 0.29) is 0 Å². The van der Waals surface area contributed by atoms with Crippen molar-refractivity contribution in [1.29, 1.82) is 0 Å². The zero-order chi connectivity index (χ0) is 21.3. The van der Waals surface area contributed by atoms with Crippen LogP contribution in [0.2, 0.25) is 5.02 Å². The van der Waals surface area contributed by atoms with E-state index < -0.39 is 37.1 Å². The third-order valence-corrected chi connectivity index (χ3v) is 6.25. The van der Waals surface area contributed by atoms with Crippen LogP contribution in [0.4, 0.5) is 0 Å². The molecule has 0 saturated carbocycles. The largest absolute Gasteiger partial charge is 0.394 e. The number of aliphatic hydroxyl groups is 4. The Morgan fingerprint density at radius 1 is 1.00 bits per heavy atom. The van der Waals surface area contributed by atoms with Gasteiger partial charge in [0.1, 0.15) is 30.5 Å². The second-order valence-corrected chi connectivity index (χ2v) is 8.39. The number of hydrogen-bond donors (Lipinski definition) is 4. The molecule has 4 rings (SSSR count). The van der Waals surface area contributed by atoms with Crippen LogP contribution < -0.4 is 0 Å². The van der Waals surface area contributed by atoms with Gasteiger partial charge in [0.05, 0.1) is 18.0 Å². The first-order chi connectivity index (χ1) is 14.5. The van der Waals surface area contributed by atoms with E-state index in [0.717, 1.165) is 22.5 Å². The lowest BCUT2D eigenvalue weighted by Gasteiger charge is -2.40. The molecule has 3 heterocycles. The standard InChI is InChI=1S/C21H21ClN2O5S/c22-15-3-1-11(21-20(28)19(27)18(26)17(9-25)29-21)7-13(15)8-14-2-4-16(24-23-14)12-5-6-30-10-12/h1-7,10,17-21,25-28H,8-9H2/t17-,18-,19+,20-,21+/m1/s1. The summed E-state index contributed by atoms with van der Waals surface area (Å²) in [6, 6.07) is 10.9. The van der Waals surface area contributed by atoms with Gasteiger partial charge in [0, 0.05) is 22.4 Å². The molecule has 5 atom stereocenters. The Labute approximate surface area is 182 Å². The van der Waals surface area contributed by atoms with Gasteiger partial charge in [0.2, 0.25) is 0 Å². The molecule has 2 aromatic heterocycles. The average molecular weight is 449 g/mol. The normalized spacial score (nSPS) is 26.6. The first kappa shape index (κ1) is 21.3. The van der Waals surface area contributed by atoms with Crippen LogP contribution in [0.1, 0.15) is 22.9 Å². The van der Waals surface area contributed by atoms with Crippen molar-refractivity contribution in [2.45, 2.75) is 36.9 Å². The Balaban J connectivity index is 1.56. The predicted octanol–water partition coefficient (Wildman–Crippen LogP) is 1.96. The Morgan fingerprint density at radius 2 is 1.83 bits per heavy atom. The summed E-state index contributed by atoms with van der Waals surface area (Å²) in [5.74, 6) is 0. The summed E-state index contributed by atoms with van der Waals surface area (Å²) < 4.78 is 5.64. The molecule has 0 unspecified atom stereocenters. The minimum absolute atomic E-state index is 0.418. The van der Waals surface area contributed by atoms with Crippen molar-refractivity contribution < 1.29 is 25.2 Å². The molecular formula is C21H21ClN2O5S. The van der Waals surface area contributed by atoms with Gasteiger partial charge < -0.3 is 25.2 Å². The Hall–Kier alpha value is -1.91. The van der Waals surface area contributed by atoms with Gasteiger partial charge in [0.25, 0.3) is 0 Å². The van der Waals surface area contributed by atoms with Crippen molar-refractivity contribution >= 4 is 22.9 Å². The maximum absolute atomic E-state index is 10.4. The molecule has 7 nitrogen and oxygen atoms in total. The molecule has 1 aliphatic rings. The molecule has 9 heteroatoms. The zero-order valence-electron chi connectivity index (χ0n) is 15.8. The summed E-state index contributed by atoms with van der Waals surface area (Å²) in [5.41, 5.74) is 3.86. The number of hydrogen-bond acceptors (Lipinski definition) is 8. The number of aliphatic hydroxyl groups excluding tert-OH is 4. The van der Waals surface area contributed by atoms with Gasteiger partial charge in [-0.15, -0.1) is 0 Å². The van der Waals surface area contributed by atoms with Gasteiger partial charge in [0.15, 0.2) is 0 Å². The molecular weight excluding hydrogens is 428 g/mol. The highest BCUT2D eigenvalue weighted by molar-refractivity contribution is 7.08. The molecule has 1 fully saturated rings. The van der Waals surface area contributed by atoms with Gasteiger partial charge in [-0.2, -0.15) is 21.5 Å². The molecule has 4 N–H and O–H groups in total. The van der Waals surface area contributed by atoms with E-state index in [4.69, 9.17) is 16.3 Å². The number of rotatable bonds is 5. The van der Waals surface area contributed by atoms with E-state index in [2.05, 4.69) is 10.2 Å². The highest BCUT2D eigenvalue weighted by Crippen LogP contribution is 2.34. The monoisotopic (exact) mass is 448 g/mol. The first-order valence-corrected chi connectivity index (χ1v) is 10.7. The van der Waals surface area contributed by atoms with Gasteiger partial charge >= 0.3 is 0 Å². The lowest BCUT2D eigenvalue weighted by Crippen LogP contribution is -2.55. The molecule has 1 aromatic carbocycles. The van der Waals surface area contributed by atoms with Gasteiger partial charge in [-0.1, -0.05) is 23.7 Å². The fourth-order valence-electron chi connectivity index (χ4n) is 3.50. The third kappa shape index (κ3) is 4.26. The van der Waals surface area contributed by atoms with Crippen LogP contribution >= 0.6 is 22.9 Å². The number of ether oxygens (including phenoxy) is 1. The molecule has 0 radical (unpaired) electrons. The molecule has 3 aromatic rings. The number of nitrogens with zero attached hydrogens (tertiary/aromatic N) is 2. The van der Waals surface area contributed by atoms with E-state index in [9.17, 15) is 20.4 Å². The van der Waals surface area contributed by atoms with Crippen molar-refractivity contribution in [1.82, 2.24) is 10.2 Å². The Morgan fingerprint density at radius 3 is 2.50 bits per heavy atom. The summed E-state index contributed by atoms with van der Waals surface area (Å²) in [4.78, 5) is 0. The van der Waals surface area contributed by atoms with E-state index in [1.54, 1.807) is 29.5 Å². The maximum Gasteiger partial charge on any atom is 0.113 e. The lowest BCUT2D eigenvalue weighted by atomic mass is 9.90. The smallest absolute Gasteiger partial charge is 0.113 e. The number of aromatic nitrogens is 2.